The second-order valence-corrected chi connectivity index (χ2v) is 3.60. The summed E-state index contributed by atoms with van der Waals surface area (Å²) in [5.74, 6) is 0.816. The van der Waals surface area contributed by atoms with Crippen LogP contribution in [0.25, 0.3) is 0 Å². The molecule has 0 saturated heterocycles. The van der Waals surface area contributed by atoms with E-state index < -0.39 is 0 Å². The molecular formula is C10H19ClO. The molecule has 12 heavy (non-hydrogen) atoms. The van der Waals surface area contributed by atoms with Crippen LogP contribution in [-0.4, -0.2) is 12.2 Å². The molecule has 0 rings (SSSR count). The largest absolute Gasteiger partial charge is 0.303 e. The number of halogens is 1. The molecule has 0 radical (unpaired) electrons. The minimum absolute atomic E-state index is 0.208. The molecule has 0 saturated carbocycles. The third-order valence-corrected chi connectivity index (χ3v) is 2.32. The highest BCUT2D eigenvalue weighted by Crippen LogP contribution is 2.12. The number of alkyl halides is 1. The first-order valence-corrected chi connectivity index (χ1v) is 5.39. The van der Waals surface area contributed by atoms with Crippen LogP contribution in [0.1, 0.15) is 45.4 Å². The third kappa shape index (κ3) is 6.66. The second kappa shape index (κ2) is 9.05. The average molecular weight is 191 g/mol. The molecule has 1 unspecified atom stereocenters. The Balaban J connectivity index is 3.25. The summed E-state index contributed by atoms with van der Waals surface area (Å²) in [6, 6.07) is 0. The first-order valence-electron chi connectivity index (χ1n) is 4.86. The minimum Gasteiger partial charge on any atom is -0.303 e. The van der Waals surface area contributed by atoms with E-state index >= 15 is 0 Å². The molecule has 0 aromatic carbocycles. The third-order valence-electron chi connectivity index (χ3n) is 2.10. The lowest BCUT2D eigenvalue weighted by Crippen LogP contribution is -2.02. The van der Waals surface area contributed by atoms with Gasteiger partial charge in [-0.25, -0.2) is 0 Å². The maximum atomic E-state index is 10.5. The summed E-state index contributed by atoms with van der Waals surface area (Å²) in [4.78, 5) is 10.5. The zero-order valence-electron chi connectivity index (χ0n) is 7.89. The molecule has 0 aromatic rings. The van der Waals surface area contributed by atoms with Crippen LogP contribution in [0.2, 0.25) is 0 Å². The molecule has 0 fully saturated rings. The van der Waals surface area contributed by atoms with Crippen LogP contribution in [0.15, 0.2) is 0 Å². The molecule has 0 heterocycles. The van der Waals surface area contributed by atoms with Crippen LogP contribution in [0, 0.1) is 5.92 Å². The highest BCUT2D eigenvalue weighted by Gasteiger charge is 2.04. The molecule has 0 aromatic heterocycles. The van der Waals surface area contributed by atoms with Gasteiger partial charge in [-0.1, -0.05) is 32.6 Å². The highest BCUT2D eigenvalue weighted by atomic mass is 35.5. The highest BCUT2D eigenvalue weighted by molar-refractivity contribution is 6.17. The van der Waals surface area contributed by atoms with Gasteiger partial charge in [-0.15, -0.1) is 11.6 Å². The van der Waals surface area contributed by atoms with E-state index in [0.717, 1.165) is 19.1 Å². The van der Waals surface area contributed by atoms with Gasteiger partial charge in [0, 0.05) is 11.8 Å². The Labute approximate surface area is 80.5 Å². The molecule has 0 N–H and O–H groups in total. The van der Waals surface area contributed by atoms with Crippen LogP contribution >= 0.6 is 11.6 Å². The average Bonchev–Trinajstić information content (AvgIpc) is 2.10. The van der Waals surface area contributed by atoms with Crippen molar-refractivity contribution < 1.29 is 4.79 Å². The standard InChI is InChI=1S/C10H19ClO/c1-2-3-4-5-6-10(9-12)7-8-11/h9-10H,2-8H2,1H3. The van der Waals surface area contributed by atoms with E-state index in [0.29, 0.717) is 5.88 Å². The molecule has 0 amide bonds. The van der Waals surface area contributed by atoms with E-state index in [2.05, 4.69) is 6.92 Å². The first kappa shape index (κ1) is 12.0. The van der Waals surface area contributed by atoms with Crippen molar-refractivity contribution in [1.29, 1.82) is 0 Å². The van der Waals surface area contributed by atoms with Crippen LogP contribution in [0.4, 0.5) is 0 Å². The van der Waals surface area contributed by atoms with E-state index in [9.17, 15) is 4.79 Å². The van der Waals surface area contributed by atoms with Gasteiger partial charge in [0.15, 0.2) is 0 Å². The summed E-state index contributed by atoms with van der Waals surface area (Å²) in [6.07, 6.45) is 7.88. The Morgan fingerprint density at radius 1 is 1.25 bits per heavy atom. The molecular weight excluding hydrogens is 172 g/mol. The first-order chi connectivity index (χ1) is 5.85. The molecule has 0 spiro atoms. The minimum atomic E-state index is 0.208. The molecule has 0 bridgehead atoms. The van der Waals surface area contributed by atoms with Crippen molar-refractivity contribution in [1.82, 2.24) is 0 Å². The lowest BCUT2D eigenvalue weighted by molar-refractivity contribution is -0.111. The maximum Gasteiger partial charge on any atom is 0.123 e. The van der Waals surface area contributed by atoms with Crippen LogP contribution in [-0.2, 0) is 4.79 Å². The van der Waals surface area contributed by atoms with Gasteiger partial charge in [0.2, 0.25) is 0 Å². The zero-order chi connectivity index (χ0) is 9.23. The van der Waals surface area contributed by atoms with E-state index in [1.165, 1.54) is 25.7 Å². The lowest BCUT2D eigenvalue weighted by Gasteiger charge is -2.06. The summed E-state index contributed by atoms with van der Waals surface area (Å²) >= 11 is 5.56. The predicted molar refractivity (Wildman–Crippen MR) is 53.7 cm³/mol. The fourth-order valence-corrected chi connectivity index (χ4v) is 1.53. The molecule has 72 valence electrons. The van der Waals surface area contributed by atoms with Gasteiger partial charge in [-0.3, -0.25) is 0 Å². The smallest absolute Gasteiger partial charge is 0.123 e. The molecule has 0 aliphatic rings. The maximum absolute atomic E-state index is 10.5. The van der Waals surface area contributed by atoms with Gasteiger partial charge >= 0.3 is 0 Å². The fraction of sp³-hybridized carbons (Fsp3) is 0.900. The SMILES string of the molecule is CCCCCCC(C=O)CCCl. The van der Waals surface area contributed by atoms with Crippen molar-refractivity contribution in [3.8, 4) is 0 Å². The number of carbonyl (C=O) groups is 1. The number of aldehydes is 1. The number of hydrogen-bond acceptors (Lipinski definition) is 1. The van der Waals surface area contributed by atoms with Crippen LogP contribution in [0.3, 0.4) is 0 Å². The van der Waals surface area contributed by atoms with Crippen molar-refractivity contribution in [2.24, 2.45) is 5.92 Å². The molecule has 0 aliphatic carbocycles. The van der Waals surface area contributed by atoms with Crippen molar-refractivity contribution >= 4 is 17.9 Å². The number of unbranched alkanes of at least 4 members (excludes halogenated alkanes) is 3. The van der Waals surface area contributed by atoms with Crippen molar-refractivity contribution in [2.45, 2.75) is 45.4 Å². The van der Waals surface area contributed by atoms with Gasteiger partial charge < -0.3 is 4.79 Å². The van der Waals surface area contributed by atoms with Crippen molar-refractivity contribution in [3.63, 3.8) is 0 Å². The van der Waals surface area contributed by atoms with Gasteiger partial charge in [-0.2, -0.15) is 0 Å². The Morgan fingerprint density at radius 2 is 2.00 bits per heavy atom. The monoisotopic (exact) mass is 190 g/mol. The van der Waals surface area contributed by atoms with E-state index in [-0.39, 0.29) is 5.92 Å². The van der Waals surface area contributed by atoms with Gasteiger partial charge in [0.25, 0.3) is 0 Å². The molecule has 1 nitrogen and oxygen atoms in total. The van der Waals surface area contributed by atoms with Gasteiger partial charge in [0.1, 0.15) is 6.29 Å². The van der Waals surface area contributed by atoms with Crippen LogP contribution < -0.4 is 0 Å². The zero-order valence-corrected chi connectivity index (χ0v) is 8.65. The second-order valence-electron chi connectivity index (χ2n) is 3.22. The van der Waals surface area contributed by atoms with Gasteiger partial charge in [-0.05, 0) is 12.8 Å². The van der Waals surface area contributed by atoms with Crippen LogP contribution in [0.5, 0.6) is 0 Å². The topological polar surface area (TPSA) is 17.1 Å². The summed E-state index contributed by atoms with van der Waals surface area (Å²) < 4.78 is 0. The Kier molecular flexibility index (Phi) is 9.02. The summed E-state index contributed by atoms with van der Waals surface area (Å²) in [5.41, 5.74) is 0. The number of hydrogen-bond donors (Lipinski definition) is 0. The Morgan fingerprint density at radius 3 is 2.50 bits per heavy atom. The van der Waals surface area contributed by atoms with Gasteiger partial charge in [0.05, 0.1) is 0 Å². The van der Waals surface area contributed by atoms with E-state index in [1.54, 1.807) is 0 Å². The predicted octanol–water partition coefficient (Wildman–Crippen LogP) is 3.40. The fourth-order valence-electron chi connectivity index (χ4n) is 1.25. The number of carbonyl (C=O) groups excluding carboxylic acids is 1. The lowest BCUT2D eigenvalue weighted by atomic mass is 10.00. The summed E-state index contributed by atoms with van der Waals surface area (Å²) in [6.45, 7) is 2.19. The Hall–Kier alpha value is -0.0400. The van der Waals surface area contributed by atoms with E-state index in [4.69, 9.17) is 11.6 Å². The Bertz CT molecular complexity index is 104. The molecule has 1 atom stereocenters. The van der Waals surface area contributed by atoms with E-state index in [1.807, 2.05) is 0 Å². The normalized spacial score (nSPS) is 12.8. The summed E-state index contributed by atoms with van der Waals surface area (Å²) in [5, 5.41) is 0. The van der Waals surface area contributed by atoms with Crippen molar-refractivity contribution in [3.05, 3.63) is 0 Å². The molecule has 0 aliphatic heterocycles. The van der Waals surface area contributed by atoms with Crippen molar-refractivity contribution in [2.75, 3.05) is 5.88 Å². The summed E-state index contributed by atoms with van der Waals surface area (Å²) in [7, 11) is 0. The molecule has 2 heteroatoms. The quantitative estimate of drug-likeness (QED) is 0.326. The number of rotatable bonds is 8.